The molecule has 5 aromatic rings. The molecule has 6 nitrogen and oxygen atoms in total. The van der Waals surface area contributed by atoms with Gasteiger partial charge in [-0.25, -0.2) is 9.37 Å². The predicted molar refractivity (Wildman–Crippen MR) is 122 cm³/mol. The van der Waals surface area contributed by atoms with Crippen molar-refractivity contribution >= 4 is 38.3 Å². The number of hydrogen-bond donors (Lipinski definition) is 2. The second-order valence-electron chi connectivity index (χ2n) is 7.86. The first-order chi connectivity index (χ1) is 15.2. The van der Waals surface area contributed by atoms with Gasteiger partial charge in [0, 0.05) is 40.5 Å². The molecule has 0 fully saturated rings. The van der Waals surface area contributed by atoms with Crippen LogP contribution in [0.5, 0.6) is 0 Å². The summed E-state index contributed by atoms with van der Waals surface area (Å²) in [4.78, 5) is 12.2. The third-order valence-corrected chi connectivity index (χ3v) is 6.44. The van der Waals surface area contributed by atoms with Crippen molar-refractivity contribution in [3.05, 3.63) is 76.5 Å². The quantitative estimate of drug-likeness (QED) is 0.378. The molecule has 0 aliphatic heterocycles. The number of nitrogens with one attached hydrogen (secondary N) is 2. The van der Waals surface area contributed by atoms with Crippen molar-refractivity contribution in [1.29, 1.82) is 0 Å². The fourth-order valence-electron chi connectivity index (χ4n) is 4.44. The van der Waals surface area contributed by atoms with Crippen LogP contribution in [0.25, 0.3) is 27.8 Å². The van der Waals surface area contributed by atoms with Gasteiger partial charge in [0.25, 0.3) is 0 Å². The Balaban J connectivity index is 1.39. The molecule has 8 heteroatoms. The number of fused-ring (bicyclic) bond motifs is 4. The number of aromatic nitrogens is 5. The van der Waals surface area contributed by atoms with E-state index in [2.05, 4.69) is 65.6 Å². The van der Waals surface area contributed by atoms with E-state index in [-0.39, 0.29) is 11.9 Å². The van der Waals surface area contributed by atoms with Gasteiger partial charge in [-0.05, 0) is 52.9 Å². The number of pyridine rings is 1. The number of H-pyrrole nitrogens is 1. The first kappa shape index (κ1) is 18.5. The molecule has 4 aromatic heterocycles. The lowest BCUT2D eigenvalue weighted by Gasteiger charge is -2.25. The molecule has 0 unspecified atom stereocenters. The summed E-state index contributed by atoms with van der Waals surface area (Å²) < 4.78 is 16.3. The first-order valence-electron chi connectivity index (χ1n) is 10.2. The van der Waals surface area contributed by atoms with E-state index in [0.717, 1.165) is 29.6 Å². The molecule has 0 radical (unpaired) electrons. The average molecular weight is 477 g/mol. The molecule has 2 N–H and O–H groups in total. The molecule has 0 saturated heterocycles. The van der Waals surface area contributed by atoms with Gasteiger partial charge in [-0.15, -0.1) is 0 Å². The van der Waals surface area contributed by atoms with Crippen LogP contribution in [0.1, 0.15) is 17.7 Å². The summed E-state index contributed by atoms with van der Waals surface area (Å²) >= 11 is 3.52. The lowest BCUT2D eigenvalue weighted by atomic mass is 9.91. The standard InChI is InChI=1S/C23H18BrFN6/c24-18-12-27-31-22(9-21(30-23(18)31)13-7-14(25)11-26-10-13)28-15-5-6-20-17(8-15)16-3-1-2-4-19(16)29-20/h1-4,7,9-12,15,28-29H,5-6,8H2/t15-/m1/s1. The van der Waals surface area contributed by atoms with Crippen molar-refractivity contribution < 1.29 is 4.39 Å². The monoisotopic (exact) mass is 476 g/mol. The predicted octanol–water partition coefficient (Wildman–Crippen LogP) is 5.14. The number of halogens is 2. The zero-order valence-electron chi connectivity index (χ0n) is 16.4. The molecule has 0 spiro atoms. The van der Waals surface area contributed by atoms with Crippen LogP contribution in [0.15, 0.2) is 59.5 Å². The van der Waals surface area contributed by atoms with Gasteiger partial charge in [-0.2, -0.15) is 9.61 Å². The molecule has 6 rings (SSSR count). The second-order valence-corrected chi connectivity index (χ2v) is 8.71. The van der Waals surface area contributed by atoms with E-state index in [1.54, 1.807) is 16.9 Å². The van der Waals surface area contributed by atoms with E-state index >= 15 is 0 Å². The topological polar surface area (TPSA) is 70.9 Å². The molecule has 0 bridgehead atoms. The summed E-state index contributed by atoms with van der Waals surface area (Å²) in [5, 5.41) is 9.43. The highest BCUT2D eigenvalue weighted by molar-refractivity contribution is 9.10. The largest absolute Gasteiger partial charge is 0.367 e. The van der Waals surface area contributed by atoms with Crippen LogP contribution in [0.3, 0.4) is 0 Å². The fourth-order valence-corrected chi connectivity index (χ4v) is 4.79. The van der Waals surface area contributed by atoms with Crippen LogP contribution in [0.4, 0.5) is 10.2 Å². The van der Waals surface area contributed by atoms with Crippen molar-refractivity contribution in [1.82, 2.24) is 24.6 Å². The number of aromatic amines is 1. The van der Waals surface area contributed by atoms with Crippen molar-refractivity contribution in [2.45, 2.75) is 25.3 Å². The molecule has 0 saturated carbocycles. The van der Waals surface area contributed by atoms with Crippen molar-refractivity contribution in [2.24, 2.45) is 0 Å². The third kappa shape index (κ3) is 3.18. The summed E-state index contributed by atoms with van der Waals surface area (Å²) in [5.74, 6) is 0.434. The Morgan fingerprint density at radius 1 is 1.16 bits per heavy atom. The minimum atomic E-state index is -0.389. The average Bonchev–Trinajstić information content (AvgIpc) is 3.34. The minimum absolute atomic E-state index is 0.249. The van der Waals surface area contributed by atoms with E-state index in [0.29, 0.717) is 16.9 Å². The van der Waals surface area contributed by atoms with Gasteiger partial charge in [0.2, 0.25) is 0 Å². The van der Waals surface area contributed by atoms with Gasteiger partial charge in [0.05, 0.1) is 22.6 Å². The Morgan fingerprint density at radius 2 is 2.06 bits per heavy atom. The van der Waals surface area contributed by atoms with E-state index in [1.165, 1.54) is 34.4 Å². The van der Waals surface area contributed by atoms with Crippen LogP contribution < -0.4 is 5.32 Å². The van der Waals surface area contributed by atoms with Gasteiger partial charge >= 0.3 is 0 Å². The number of rotatable bonds is 3. The second kappa shape index (κ2) is 7.16. The Labute approximate surface area is 185 Å². The summed E-state index contributed by atoms with van der Waals surface area (Å²) in [6.45, 7) is 0. The lowest BCUT2D eigenvalue weighted by molar-refractivity contribution is 0.603. The zero-order chi connectivity index (χ0) is 20.9. The van der Waals surface area contributed by atoms with Crippen LogP contribution in [-0.4, -0.2) is 30.6 Å². The van der Waals surface area contributed by atoms with Crippen molar-refractivity contribution in [2.75, 3.05) is 5.32 Å². The van der Waals surface area contributed by atoms with E-state index in [1.807, 2.05) is 6.07 Å². The van der Waals surface area contributed by atoms with Crippen LogP contribution >= 0.6 is 15.9 Å². The van der Waals surface area contributed by atoms with Crippen LogP contribution in [-0.2, 0) is 12.8 Å². The highest BCUT2D eigenvalue weighted by Crippen LogP contribution is 2.32. The highest BCUT2D eigenvalue weighted by Gasteiger charge is 2.23. The van der Waals surface area contributed by atoms with Gasteiger partial charge in [-0.3, -0.25) is 4.98 Å². The SMILES string of the molecule is Fc1cncc(-c2cc(N[C@@H]3CCc4[nH]c5ccccc5c4C3)n3ncc(Br)c3n2)c1. The number of para-hydroxylation sites is 1. The van der Waals surface area contributed by atoms with E-state index < -0.39 is 0 Å². The zero-order valence-corrected chi connectivity index (χ0v) is 18.0. The Kier molecular flexibility index (Phi) is 4.27. The maximum absolute atomic E-state index is 13.8. The maximum Gasteiger partial charge on any atom is 0.172 e. The van der Waals surface area contributed by atoms with Gasteiger partial charge < -0.3 is 10.3 Å². The van der Waals surface area contributed by atoms with Crippen LogP contribution in [0.2, 0.25) is 0 Å². The number of nitrogens with zero attached hydrogens (tertiary/aromatic N) is 4. The van der Waals surface area contributed by atoms with E-state index in [9.17, 15) is 4.39 Å². The van der Waals surface area contributed by atoms with Gasteiger partial charge in [0.1, 0.15) is 11.6 Å². The molecule has 0 amide bonds. The molecule has 1 aromatic carbocycles. The molecule has 1 atom stereocenters. The normalized spacial score (nSPS) is 16.0. The van der Waals surface area contributed by atoms with Crippen molar-refractivity contribution in [3.63, 3.8) is 0 Å². The smallest absolute Gasteiger partial charge is 0.172 e. The number of anilines is 1. The maximum atomic E-state index is 13.8. The third-order valence-electron chi connectivity index (χ3n) is 5.88. The number of hydrogen-bond acceptors (Lipinski definition) is 4. The molecular weight excluding hydrogens is 459 g/mol. The number of benzene rings is 1. The van der Waals surface area contributed by atoms with Gasteiger partial charge in [-0.1, -0.05) is 18.2 Å². The molecule has 4 heterocycles. The molecule has 31 heavy (non-hydrogen) atoms. The van der Waals surface area contributed by atoms with Crippen LogP contribution in [0, 0.1) is 5.82 Å². The Hall–Kier alpha value is -3.26. The highest BCUT2D eigenvalue weighted by atomic mass is 79.9. The lowest BCUT2D eigenvalue weighted by Crippen LogP contribution is -2.28. The number of aryl methyl sites for hydroxylation is 1. The van der Waals surface area contributed by atoms with Crippen molar-refractivity contribution in [3.8, 4) is 11.3 Å². The Morgan fingerprint density at radius 3 is 2.97 bits per heavy atom. The molecular formula is C23H18BrFN6. The summed E-state index contributed by atoms with van der Waals surface area (Å²) in [5.41, 5.74) is 5.84. The molecule has 1 aliphatic carbocycles. The fraction of sp³-hybridized carbons (Fsp3) is 0.174. The summed E-state index contributed by atoms with van der Waals surface area (Å²) in [6, 6.07) is 12.1. The minimum Gasteiger partial charge on any atom is -0.367 e. The first-order valence-corrected chi connectivity index (χ1v) is 11.0. The van der Waals surface area contributed by atoms with E-state index in [4.69, 9.17) is 0 Å². The Bertz CT molecular complexity index is 1440. The summed E-state index contributed by atoms with van der Waals surface area (Å²) in [7, 11) is 0. The molecule has 154 valence electrons. The summed E-state index contributed by atoms with van der Waals surface area (Å²) in [6.07, 6.45) is 7.44. The van der Waals surface area contributed by atoms with Gasteiger partial charge in [0.15, 0.2) is 5.65 Å². The molecule has 1 aliphatic rings.